The summed E-state index contributed by atoms with van der Waals surface area (Å²) in [5.41, 5.74) is 6.44. The number of aliphatic hydroxyl groups excluding tert-OH is 3. The number of rotatable bonds is 3. The van der Waals surface area contributed by atoms with Crippen molar-refractivity contribution in [3.05, 3.63) is 22.8 Å². The molecule has 11 heteroatoms. The first-order valence-corrected chi connectivity index (χ1v) is 5.49. The third kappa shape index (κ3) is 2.09. The maximum Gasteiger partial charge on any atom is 0.269 e. The summed E-state index contributed by atoms with van der Waals surface area (Å²) in [6.45, 7) is 2.67. The number of nitrogens with zero attached hydrogens (tertiary/aromatic N) is 5. The molecule has 108 valence electrons. The van der Waals surface area contributed by atoms with Gasteiger partial charge in [-0.25, -0.2) is 5.01 Å². The highest BCUT2D eigenvalue weighted by Gasteiger charge is 2.56. The van der Waals surface area contributed by atoms with Gasteiger partial charge in [0.1, 0.15) is 24.2 Å². The molecule has 20 heavy (non-hydrogen) atoms. The standard InChI is InChI=1S/C9H12N6O5/c1-4-12-5(17)2-11-15(4)8-6(18)7(19)9(3-16,20-8)13-14-10/h2,6-8,16,18-19H,1,3H2,(H,12,17). The van der Waals surface area contributed by atoms with Gasteiger partial charge < -0.3 is 25.4 Å². The van der Waals surface area contributed by atoms with Crippen LogP contribution in [0.5, 0.6) is 0 Å². The number of hydrogen-bond acceptors (Lipinski definition) is 8. The van der Waals surface area contributed by atoms with Crippen molar-refractivity contribution in [2.24, 2.45) is 10.2 Å². The Balaban J connectivity index is 2.31. The van der Waals surface area contributed by atoms with E-state index < -0.39 is 36.7 Å². The van der Waals surface area contributed by atoms with Crippen LogP contribution in [0.4, 0.5) is 0 Å². The normalized spacial score (nSPS) is 36.8. The van der Waals surface area contributed by atoms with E-state index in [-0.39, 0.29) is 5.82 Å². The molecular weight excluding hydrogens is 272 g/mol. The summed E-state index contributed by atoms with van der Waals surface area (Å²) in [6, 6.07) is 0. The first-order valence-electron chi connectivity index (χ1n) is 5.49. The average Bonchev–Trinajstić information content (AvgIpc) is 2.65. The van der Waals surface area contributed by atoms with E-state index in [0.29, 0.717) is 0 Å². The van der Waals surface area contributed by atoms with Crippen molar-refractivity contribution in [3.63, 3.8) is 0 Å². The molecule has 11 nitrogen and oxygen atoms in total. The van der Waals surface area contributed by atoms with Crippen molar-refractivity contribution in [1.29, 1.82) is 0 Å². The minimum Gasteiger partial charge on any atom is -0.393 e. The molecule has 1 fully saturated rings. The van der Waals surface area contributed by atoms with Crippen LogP contribution in [-0.2, 0) is 9.53 Å². The van der Waals surface area contributed by atoms with Gasteiger partial charge in [-0.15, -0.1) is 0 Å². The molecule has 1 amide bonds. The summed E-state index contributed by atoms with van der Waals surface area (Å²) < 4.78 is 5.24. The highest BCUT2D eigenvalue weighted by molar-refractivity contribution is 6.27. The van der Waals surface area contributed by atoms with Gasteiger partial charge in [0, 0.05) is 4.91 Å². The summed E-state index contributed by atoms with van der Waals surface area (Å²) >= 11 is 0. The average molecular weight is 284 g/mol. The smallest absolute Gasteiger partial charge is 0.269 e. The van der Waals surface area contributed by atoms with Gasteiger partial charge in [0.2, 0.25) is 5.72 Å². The highest BCUT2D eigenvalue weighted by Crippen LogP contribution is 2.35. The molecule has 0 radical (unpaired) electrons. The van der Waals surface area contributed by atoms with Crippen LogP contribution in [0.1, 0.15) is 0 Å². The van der Waals surface area contributed by atoms with Gasteiger partial charge in [-0.1, -0.05) is 11.7 Å². The molecule has 0 aromatic rings. The van der Waals surface area contributed by atoms with Crippen molar-refractivity contribution in [2.75, 3.05) is 6.61 Å². The quantitative estimate of drug-likeness (QED) is 0.265. The molecule has 2 aliphatic heterocycles. The van der Waals surface area contributed by atoms with E-state index in [9.17, 15) is 20.1 Å². The maximum atomic E-state index is 11.1. The van der Waals surface area contributed by atoms with Gasteiger partial charge >= 0.3 is 0 Å². The minimum absolute atomic E-state index is 0.00317. The molecule has 4 atom stereocenters. The van der Waals surface area contributed by atoms with Gasteiger partial charge in [-0.3, -0.25) is 4.79 Å². The lowest BCUT2D eigenvalue weighted by Gasteiger charge is -2.31. The number of azide groups is 1. The van der Waals surface area contributed by atoms with E-state index in [1.54, 1.807) is 0 Å². The zero-order chi connectivity index (χ0) is 14.9. The monoisotopic (exact) mass is 284 g/mol. The zero-order valence-corrected chi connectivity index (χ0v) is 10.1. The molecule has 0 aromatic carbocycles. The van der Waals surface area contributed by atoms with Crippen LogP contribution in [0.3, 0.4) is 0 Å². The number of carbonyl (C=O) groups is 1. The van der Waals surface area contributed by atoms with Crippen molar-refractivity contribution in [3.8, 4) is 0 Å². The predicted octanol–water partition coefficient (Wildman–Crippen LogP) is -2.05. The van der Waals surface area contributed by atoms with Crippen molar-refractivity contribution >= 4 is 12.1 Å². The van der Waals surface area contributed by atoms with Crippen LogP contribution in [-0.4, -0.2) is 63.2 Å². The fourth-order valence-electron chi connectivity index (χ4n) is 1.92. The first kappa shape index (κ1) is 14.2. The van der Waals surface area contributed by atoms with Crippen molar-refractivity contribution < 1.29 is 24.9 Å². The van der Waals surface area contributed by atoms with E-state index in [0.717, 1.165) is 11.2 Å². The molecule has 4 unspecified atom stereocenters. The lowest BCUT2D eigenvalue weighted by Crippen LogP contribution is -2.47. The van der Waals surface area contributed by atoms with Crippen LogP contribution < -0.4 is 5.32 Å². The van der Waals surface area contributed by atoms with Gasteiger partial charge in [-0.2, -0.15) is 5.10 Å². The molecule has 0 aliphatic carbocycles. The number of carbonyl (C=O) groups excluding carboxylic acids is 1. The number of hydrazone groups is 1. The minimum atomic E-state index is -2.03. The van der Waals surface area contributed by atoms with Gasteiger partial charge in [0.05, 0.1) is 6.61 Å². The number of ether oxygens (including phenoxy) is 1. The Morgan fingerprint density at radius 1 is 1.70 bits per heavy atom. The Labute approximate surface area is 112 Å². The molecule has 4 N–H and O–H groups in total. The Morgan fingerprint density at radius 2 is 2.40 bits per heavy atom. The molecule has 1 saturated heterocycles. The molecular formula is C9H12N6O5. The van der Waals surface area contributed by atoms with Crippen LogP contribution in [0, 0.1) is 0 Å². The van der Waals surface area contributed by atoms with Gasteiger partial charge in [0.25, 0.3) is 5.91 Å². The summed E-state index contributed by atoms with van der Waals surface area (Å²) in [4.78, 5) is 13.5. The highest BCUT2D eigenvalue weighted by atomic mass is 16.6. The molecule has 2 rings (SSSR count). The lowest BCUT2D eigenvalue weighted by atomic mass is 10.1. The Kier molecular flexibility index (Phi) is 3.61. The van der Waals surface area contributed by atoms with Gasteiger partial charge in [-0.05, 0) is 5.53 Å². The zero-order valence-electron chi connectivity index (χ0n) is 10.1. The van der Waals surface area contributed by atoms with E-state index in [1.807, 2.05) is 0 Å². The third-order valence-corrected chi connectivity index (χ3v) is 2.93. The first-order chi connectivity index (χ1) is 9.45. The Bertz CT molecular complexity index is 517. The summed E-state index contributed by atoms with van der Waals surface area (Å²) in [7, 11) is 0. The largest absolute Gasteiger partial charge is 0.393 e. The van der Waals surface area contributed by atoms with Gasteiger partial charge in [0.15, 0.2) is 6.23 Å². The van der Waals surface area contributed by atoms with E-state index >= 15 is 0 Å². The number of aliphatic hydroxyl groups is 3. The number of hydrogen-bond donors (Lipinski definition) is 4. The Morgan fingerprint density at radius 3 is 2.95 bits per heavy atom. The van der Waals surface area contributed by atoms with E-state index in [2.05, 4.69) is 27.0 Å². The second kappa shape index (κ2) is 5.07. The molecule has 0 saturated carbocycles. The molecule has 2 heterocycles. The fraction of sp³-hybridized carbons (Fsp3) is 0.556. The van der Waals surface area contributed by atoms with Crippen LogP contribution in [0.15, 0.2) is 22.6 Å². The van der Waals surface area contributed by atoms with Crippen LogP contribution in [0.2, 0.25) is 0 Å². The lowest BCUT2D eigenvalue weighted by molar-refractivity contribution is -0.142. The van der Waals surface area contributed by atoms with E-state index in [1.165, 1.54) is 0 Å². The predicted molar refractivity (Wildman–Crippen MR) is 63.5 cm³/mol. The number of nitrogens with one attached hydrogen (secondary N) is 1. The molecule has 2 aliphatic rings. The fourth-order valence-corrected chi connectivity index (χ4v) is 1.92. The van der Waals surface area contributed by atoms with Crippen LogP contribution in [0.25, 0.3) is 10.4 Å². The van der Waals surface area contributed by atoms with Crippen molar-refractivity contribution in [2.45, 2.75) is 24.2 Å². The SMILES string of the molecule is C=C1NC(=O)C=NN1C1OC(CO)(N=[N+]=[N-])C(O)C1O. The Hall–Kier alpha value is -2.17. The summed E-state index contributed by atoms with van der Waals surface area (Å²) in [5, 5.41) is 39.3. The second-order valence-electron chi connectivity index (χ2n) is 4.16. The molecule has 0 spiro atoms. The number of amides is 1. The topological polar surface area (TPSA) is 163 Å². The summed E-state index contributed by atoms with van der Waals surface area (Å²) in [6.07, 6.45) is -3.58. The summed E-state index contributed by atoms with van der Waals surface area (Å²) in [5.74, 6) is -0.508. The molecule has 0 bridgehead atoms. The third-order valence-electron chi connectivity index (χ3n) is 2.93. The van der Waals surface area contributed by atoms with E-state index in [4.69, 9.17) is 10.3 Å². The van der Waals surface area contributed by atoms with Crippen molar-refractivity contribution in [1.82, 2.24) is 10.3 Å². The second-order valence-corrected chi connectivity index (χ2v) is 4.16. The maximum absolute atomic E-state index is 11.1. The van der Waals surface area contributed by atoms with Crippen LogP contribution >= 0.6 is 0 Å². The molecule has 0 aromatic heterocycles.